The van der Waals surface area contributed by atoms with Crippen molar-refractivity contribution in [3.8, 4) is 0 Å². The first-order chi connectivity index (χ1) is 43.0. The molecule has 9 aliphatic heterocycles. The third-order valence-corrected chi connectivity index (χ3v) is 20.4. The molecule has 3 aliphatic carbocycles. The van der Waals surface area contributed by atoms with E-state index in [1.165, 1.54) is 13.3 Å². The van der Waals surface area contributed by atoms with E-state index >= 15 is 0 Å². The van der Waals surface area contributed by atoms with Gasteiger partial charge in [-0.1, -0.05) is 121 Å². The molecule has 12 aliphatic rings. The number of hydrogen-bond acceptors (Lipinski definition) is 32. The number of ether oxygens (including phenoxy) is 9. The van der Waals surface area contributed by atoms with Crippen LogP contribution in [-0.2, 0) is 142 Å². The molecule has 9 saturated heterocycles. The Morgan fingerprint density at radius 1 is 0.330 bits per heavy atom. The molecule has 4 aromatic rings. The van der Waals surface area contributed by atoms with Crippen LogP contribution in [0.5, 0.6) is 0 Å². The number of rotatable bonds is 24. The first kappa shape index (κ1) is 90.8. The molecule has 9 heterocycles. The first-order valence-corrected chi connectivity index (χ1v) is 37.5. The molecule has 12 unspecified atom stereocenters. The number of phosphoric ester groups is 4. The van der Waals surface area contributed by atoms with Crippen LogP contribution in [0, 0.1) is 0 Å². The second-order valence-electron chi connectivity index (χ2n) is 21.6. The topological polar surface area (TPSA) is 471 Å². The van der Waals surface area contributed by atoms with Gasteiger partial charge in [0.05, 0.1) is 34.3 Å². The van der Waals surface area contributed by atoms with Gasteiger partial charge in [0.1, 0.15) is 110 Å². The molecule has 502 valence electrons. The smallest absolute Gasteiger partial charge is 0.790 e. The van der Waals surface area contributed by atoms with Crippen LogP contribution < -0.4 is 197 Å². The van der Waals surface area contributed by atoms with E-state index in [0.29, 0.717) is 0 Å². The minimum Gasteiger partial charge on any atom is -0.790 e. The van der Waals surface area contributed by atoms with Crippen LogP contribution in [0.3, 0.4) is 0 Å². The summed E-state index contributed by atoms with van der Waals surface area (Å²) in [6.45, 7) is -1.13. The van der Waals surface area contributed by atoms with E-state index in [9.17, 15) is 62.3 Å². The van der Waals surface area contributed by atoms with Gasteiger partial charge in [0.15, 0.2) is 0 Å². The molecule has 12 fully saturated rings. The Kier molecular flexibility index (Phi) is 36.2. The Morgan fingerprint density at radius 2 is 0.546 bits per heavy atom. The van der Waals surface area contributed by atoms with Crippen LogP contribution in [0.15, 0.2) is 121 Å². The molecule has 0 aromatic heterocycles. The number of hydrogen-bond donors (Lipinski definition) is 5. The molecular weight excluding hydrogens is 1480 g/mol. The average Bonchev–Trinajstić information content (AvgIpc) is 0.728. The standard InChI is InChI=1S/C37H41O13P3.C7H13O15P3.C7H10O6.6Na/c1-51(38,41-23-27-15-7-3-8-16-27)48-34-31-35(49-52(2,39)42-24-28-17-9-4-10-18-28)33-36(32(34)46-37(45-31)47-33)50-53(40,43-25-29-19-11-5-12-20-29)44-26-30-21-13-6-14-22-30;8-23(9,10)20-4-1-5(21-24(11,12)13)3-6(22-25(14,15)16)2(4)18-7(17-1)19-3;8-1-4-2(9)6-3(10)5(1)12-7(11-4)13-6;;;;;;/h3-22,31-37H,23-26H2,1-2H3;1-7H,(H2,8,9,10)(H2,11,12,13)(H2,14,15,16);1-10H;;;;;;/q;;;6*+1/p-4. The van der Waals surface area contributed by atoms with Crippen LogP contribution in [0.4, 0.5) is 0 Å². The summed E-state index contributed by atoms with van der Waals surface area (Å²) in [6.07, 6.45) is -22.4. The van der Waals surface area contributed by atoms with E-state index in [1.807, 2.05) is 121 Å². The van der Waals surface area contributed by atoms with Gasteiger partial charge in [-0.25, -0.2) is 4.57 Å². The molecular formula is C51H60Na6O34P6+2. The van der Waals surface area contributed by atoms with Gasteiger partial charge in [0.25, 0.3) is 35.1 Å². The number of phosphoric acid groups is 4. The zero-order valence-corrected chi connectivity index (χ0v) is 70.6. The van der Waals surface area contributed by atoms with Gasteiger partial charge in [-0.15, -0.1) is 0 Å². The Bertz CT molecular complexity index is 3140. The van der Waals surface area contributed by atoms with Gasteiger partial charge in [-0.2, -0.15) is 0 Å². The minimum atomic E-state index is -5.68. The zero-order valence-electron chi connectivity index (χ0n) is 53.3. The molecule has 16 rings (SSSR count). The summed E-state index contributed by atoms with van der Waals surface area (Å²) in [6, 6.07) is 36.6. The minimum absolute atomic E-state index is 0. The summed E-state index contributed by atoms with van der Waals surface area (Å²) in [5.74, 6) is 0. The molecule has 34 nitrogen and oxygen atoms in total. The Labute approximate surface area is 687 Å². The van der Waals surface area contributed by atoms with Crippen molar-refractivity contribution in [2.24, 2.45) is 0 Å². The quantitative estimate of drug-likeness (QED) is 0.0321. The van der Waals surface area contributed by atoms with E-state index in [1.54, 1.807) is 0 Å². The van der Waals surface area contributed by atoms with Gasteiger partial charge in [-0.3, -0.25) is 40.9 Å². The molecule has 0 spiro atoms. The van der Waals surface area contributed by atoms with Gasteiger partial charge in [-0.05, 0) is 22.3 Å². The van der Waals surface area contributed by atoms with E-state index in [2.05, 4.69) is 13.6 Å². The van der Waals surface area contributed by atoms with E-state index < -0.39 is 176 Å². The van der Waals surface area contributed by atoms with Crippen molar-refractivity contribution >= 4 is 46.5 Å². The molecule has 97 heavy (non-hydrogen) atoms. The Hall–Kier alpha value is 3.14. The summed E-state index contributed by atoms with van der Waals surface area (Å²) >= 11 is 0. The predicted molar refractivity (Wildman–Crippen MR) is 289 cm³/mol. The largest absolute Gasteiger partial charge is 1.00 e. The Balaban J connectivity index is 0.000000319. The van der Waals surface area contributed by atoms with Gasteiger partial charge < -0.3 is 114 Å². The van der Waals surface area contributed by atoms with E-state index in [-0.39, 0.29) is 204 Å². The van der Waals surface area contributed by atoms with Crippen molar-refractivity contribution < 1.29 is 337 Å². The van der Waals surface area contributed by atoms with Crippen molar-refractivity contribution in [1.82, 2.24) is 0 Å². The van der Waals surface area contributed by atoms with Gasteiger partial charge >= 0.3 is 200 Å². The molecule has 12 atom stereocenters. The van der Waals surface area contributed by atoms with Crippen molar-refractivity contribution in [2.75, 3.05) is 13.3 Å². The molecule has 5 N–H and O–H groups in total. The summed E-state index contributed by atoms with van der Waals surface area (Å²) < 4.78 is 178. The zero-order chi connectivity index (χ0) is 64.8. The van der Waals surface area contributed by atoms with Crippen LogP contribution in [-0.4, -0.2) is 168 Å². The second-order valence-corrected chi connectivity index (χ2v) is 30.6. The number of benzene rings is 4. The maximum absolute atomic E-state index is 14.6. The molecule has 46 heteroatoms. The number of aliphatic hydroxyl groups is 3. The van der Waals surface area contributed by atoms with Crippen molar-refractivity contribution in [2.45, 2.75) is 156 Å². The monoisotopic (exact) mass is 1540 g/mol. The van der Waals surface area contributed by atoms with Crippen LogP contribution in [0.25, 0.3) is 0 Å². The summed E-state index contributed by atoms with van der Waals surface area (Å²) in [5.41, 5.74) is 3.00. The van der Waals surface area contributed by atoms with Gasteiger partial charge in [0.2, 0.25) is 0 Å². The molecule has 3 saturated carbocycles. The SMILES string of the molecule is CP(=O)(OCc1ccccc1)OC1C2OC3OC1C(OP(=O)(OCc1ccccc1)OCc1ccccc1)C(O3)C2OP(C)(=O)OCc1ccccc1.O=P([O-])([O-])OC1C2OC3OC1C(OP(=O)([O-])O)C(O3)C2OP(=O)([O-])O.OC1C2OC3OC1C(O)C(O3)C2O.[Na+].[Na+].[Na+].[Na+].[Na+].[Na+]. The van der Waals surface area contributed by atoms with E-state index in [4.69, 9.17) is 84.1 Å². The van der Waals surface area contributed by atoms with Crippen LogP contribution in [0.2, 0.25) is 0 Å². The van der Waals surface area contributed by atoms with E-state index in [0.717, 1.165) is 22.3 Å². The maximum Gasteiger partial charge on any atom is 1.00 e. The molecule has 0 amide bonds. The maximum atomic E-state index is 14.6. The van der Waals surface area contributed by atoms with Crippen molar-refractivity contribution in [3.05, 3.63) is 144 Å². The van der Waals surface area contributed by atoms with Crippen LogP contribution in [0.1, 0.15) is 22.3 Å². The summed E-state index contributed by atoms with van der Waals surface area (Å²) in [7, 11) is -28.7. The predicted octanol–water partition coefficient (Wildman–Crippen LogP) is -16.8. The molecule has 4 aromatic carbocycles. The fraction of sp³-hybridized carbons (Fsp3) is 0.529. The Morgan fingerprint density at radius 3 is 0.794 bits per heavy atom. The normalized spacial score (nSPS) is 35.1. The number of aliphatic hydroxyl groups excluding tert-OH is 3. The van der Waals surface area contributed by atoms with Crippen molar-refractivity contribution in [1.29, 1.82) is 0 Å². The fourth-order valence-electron chi connectivity index (χ4n) is 11.2. The third-order valence-electron chi connectivity index (χ3n) is 15.0. The third kappa shape index (κ3) is 24.1. The summed E-state index contributed by atoms with van der Waals surface area (Å²) in [5, 5.41) is 28.6. The second kappa shape index (κ2) is 38.7. The first-order valence-electron chi connectivity index (χ1n) is 27.6. The fourth-order valence-corrected chi connectivity index (χ4v) is 16.4. The average molecular weight is 1540 g/mol. The summed E-state index contributed by atoms with van der Waals surface area (Å²) in [4.78, 5) is 61.5. The van der Waals surface area contributed by atoms with Crippen molar-refractivity contribution in [3.63, 3.8) is 0 Å². The molecule has 12 bridgehead atoms. The van der Waals surface area contributed by atoms with Gasteiger partial charge in [0, 0.05) is 13.3 Å². The van der Waals surface area contributed by atoms with Crippen LogP contribution >= 0.6 is 46.5 Å². The molecule has 0 radical (unpaired) electrons.